The zero-order valence-electron chi connectivity index (χ0n) is 15.3. The first-order valence-corrected chi connectivity index (χ1v) is 8.40. The molecule has 0 aliphatic carbocycles. The molecule has 3 aromatic rings. The molecule has 6 nitrogen and oxygen atoms in total. The Labute approximate surface area is 161 Å². The Morgan fingerprint density at radius 2 is 1.64 bits per heavy atom. The number of carboxylic acid groups (broad SMARTS) is 1. The molecule has 6 heteroatoms. The summed E-state index contributed by atoms with van der Waals surface area (Å²) < 4.78 is 15.7. The SMILES string of the molecule is COc1ccc(/C=C/C(=O)c2ccc(-c3ccc(C(=O)O)o3)cc2)cc1OC. The lowest BCUT2D eigenvalue weighted by Crippen LogP contribution is -1.94. The highest BCUT2D eigenvalue weighted by atomic mass is 16.5. The van der Waals surface area contributed by atoms with Crippen LogP contribution in [0.2, 0.25) is 0 Å². The summed E-state index contributed by atoms with van der Waals surface area (Å²) in [5, 5.41) is 8.92. The summed E-state index contributed by atoms with van der Waals surface area (Å²) >= 11 is 0. The second-order valence-corrected chi connectivity index (χ2v) is 5.86. The van der Waals surface area contributed by atoms with Crippen molar-refractivity contribution in [3.63, 3.8) is 0 Å². The third-order valence-corrected chi connectivity index (χ3v) is 4.11. The molecule has 0 atom stereocenters. The van der Waals surface area contributed by atoms with Gasteiger partial charge in [0.1, 0.15) is 5.76 Å². The van der Waals surface area contributed by atoms with Gasteiger partial charge in [0.25, 0.3) is 0 Å². The highest BCUT2D eigenvalue weighted by molar-refractivity contribution is 6.07. The molecule has 0 unspecified atom stereocenters. The van der Waals surface area contributed by atoms with E-state index in [9.17, 15) is 9.59 Å². The molecule has 1 heterocycles. The van der Waals surface area contributed by atoms with Crippen LogP contribution < -0.4 is 9.47 Å². The molecular weight excluding hydrogens is 360 g/mol. The molecule has 1 aromatic heterocycles. The Morgan fingerprint density at radius 3 is 2.25 bits per heavy atom. The van der Waals surface area contributed by atoms with Crippen LogP contribution in [0.5, 0.6) is 11.5 Å². The minimum Gasteiger partial charge on any atom is -0.493 e. The van der Waals surface area contributed by atoms with Crippen molar-refractivity contribution in [2.45, 2.75) is 0 Å². The van der Waals surface area contributed by atoms with Crippen molar-refractivity contribution in [2.24, 2.45) is 0 Å². The van der Waals surface area contributed by atoms with Gasteiger partial charge in [-0.25, -0.2) is 4.79 Å². The second-order valence-electron chi connectivity index (χ2n) is 5.86. The van der Waals surface area contributed by atoms with E-state index in [0.717, 1.165) is 5.56 Å². The van der Waals surface area contributed by atoms with E-state index >= 15 is 0 Å². The molecule has 0 radical (unpaired) electrons. The summed E-state index contributed by atoms with van der Waals surface area (Å²) in [6.07, 6.45) is 3.18. The van der Waals surface area contributed by atoms with Crippen molar-refractivity contribution in [3.8, 4) is 22.8 Å². The van der Waals surface area contributed by atoms with Crippen LogP contribution >= 0.6 is 0 Å². The summed E-state index contributed by atoms with van der Waals surface area (Å²) in [5.41, 5.74) is 2.00. The molecule has 28 heavy (non-hydrogen) atoms. The normalized spacial score (nSPS) is 10.8. The predicted molar refractivity (Wildman–Crippen MR) is 104 cm³/mol. The van der Waals surface area contributed by atoms with E-state index in [1.54, 1.807) is 62.8 Å². The van der Waals surface area contributed by atoms with Crippen LogP contribution in [0.15, 0.2) is 65.1 Å². The number of benzene rings is 2. The highest BCUT2D eigenvalue weighted by Crippen LogP contribution is 2.28. The first-order valence-electron chi connectivity index (χ1n) is 8.40. The number of carbonyl (C=O) groups excluding carboxylic acids is 1. The monoisotopic (exact) mass is 378 g/mol. The van der Waals surface area contributed by atoms with Gasteiger partial charge in [0.05, 0.1) is 14.2 Å². The number of methoxy groups -OCH3 is 2. The lowest BCUT2D eigenvalue weighted by Gasteiger charge is -2.07. The third kappa shape index (κ3) is 4.12. The van der Waals surface area contributed by atoms with Crippen molar-refractivity contribution < 1.29 is 28.6 Å². The van der Waals surface area contributed by atoms with E-state index < -0.39 is 5.97 Å². The molecule has 0 bridgehead atoms. The van der Waals surface area contributed by atoms with Crippen LogP contribution in [-0.2, 0) is 0 Å². The van der Waals surface area contributed by atoms with E-state index in [1.807, 2.05) is 6.07 Å². The average Bonchev–Trinajstić information content (AvgIpc) is 3.22. The topological polar surface area (TPSA) is 86.0 Å². The van der Waals surface area contributed by atoms with Crippen LogP contribution in [0.3, 0.4) is 0 Å². The molecule has 2 aromatic carbocycles. The van der Waals surface area contributed by atoms with Crippen molar-refractivity contribution in [1.29, 1.82) is 0 Å². The van der Waals surface area contributed by atoms with Gasteiger partial charge in [0, 0.05) is 11.1 Å². The zero-order valence-corrected chi connectivity index (χ0v) is 15.3. The molecule has 0 fully saturated rings. The maximum atomic E-state index is 12.4. The number of ether oxygens (including phenoxy) is 2. The minimum absolute atomic E-state index is 0.131. The average molecular weight is 378 g/mol. The van der Waals surface area contributed by atoms with Gasteiger partial charge in [-0.05, 0) is 35.9 Å². The van der Waals surface area contributed by atoms with Gasteiger partial charge in [0.15, 0.2) is 17.3 Å². The Balaban J connectivity index is 1.74. The fourth-order valence-corrected chi connectivity index (χ4v) is 2.63. The first-order chi connectivity index (χ1) is 13.5. The largest absolute Gasteiger partial charge is 0.493 e. The number of furan rings is 1. The number of allylic oxidation sites excluding steroid dienone is 1. The van der Waals surface area contributed by atoms with Crippen molar-refractivity contribution >= 4 is 17.8 Å². The van der Waals surface area contributed by atoms with Gasteiger partial charge in [-0.15, -0.1) is 0 Å². The number of hydrogen-bond donors (Lipinski definition) is 1. The van der Waals surface area contributed by atoms with Gasteiger partial charge < -0.3 is 19.0 Å². The van der Waals surface area contributed by atoms with E-state index in [-0.39, 0.29) is 11.5 Å². The van der Waals surface area contributed by atoms with Gasteiger partial charge in [0.2, 0.25) is 5.76 Å². The van der Waals surface area contributed by atoms with Crippen LogP contribution in [0.4, 0.5) is 0 Å². The molecule has 142 valence electrons. The number of rotatable bonds is 7. The molecule has 3 rings (SSSR count). The first kappa shape index (κ1) is 19.0. The Morgan fingerprint density at radius 1 is 0.929 bits per heavy atom. The van der Waals surface area contributed by atoms with Crippen LogP contribution in [-0.4, -0.2) is 31.1 Å². The van der Waals surface area contributed by atoms with E-state index in [1.165, 1.54) is 12.1 Å². The molecule has 0 aliphatic rings. The molecule has 1 N–H and O–H groups in total. The number of ketones is 1. The lowest BCUT2D eigenvalue weighted by atomic mass is 10.1. The van der Waals surface area contributed by atoms with Gasteiger partial charge in [-0.3, -0.25) is 4.79 Å². The molecule has 0 saturated heterocycles. The summed E-state index contributed by atoms with van der Waals surface area (Å²) in [5.74, 6) is 0.210. The number of hydrogen-bond acceptors (Lipinski definition) is 5. The van der Waals surface area contributed by atoms with Crippen LogP contribution in [0.25, 0.3) is 17.4 Å². The van der Waals surface area contributed by atoms with Gasteiger partial charge in [-0.1, -0.05) is 36.4 Å². The standard InChI is InChI=1S/C22H18O6/c1-26-19-10-4-14(13-21(19)27-2)3-9-17(23)15-5-7-16(8-6-15)18-11-12-20(28-18)22(24)25/h3-13H,1-2H3,(H,24,25)/b9-3+. The van der Waals surface area contributed by atoms with Gasteiger partial charge in [-0.2, -0.15) is 0 Å². The highest BCUT2D eigenvalue weighted by Gasteiger charge is 2.11. The fourth-order valence-electron chi connectivity index (χ4n) is 2.63. The maximum absolute atomic E-state index is 12.4. The Kier molecular flexibility index (Phi) is 5.60. The summed E-state index contributed by atoms with van der Waals surface area (Å²) in [6, 6.07) is 15.1. The van der Waals surface area contributed by atoms with Crippen molar-refractivity contribution in [1.82, 2.24) is 0 Å². The number of carbonyl (C=O) groups is 2. The third-order valence-electron chi connectivity index (χ3n) is 4.11. The lowest BCUT2D eigenvalue weighted by molar-refractivity contribution is 0.0663. The molecule has 0 spiro atoms. The van der Waals surface area contributed by atoms with Crippen LogP contribution in [0, 0.1) is 0 Å². The summed E-state index contributed by atoms with van der Waals surface area (Å²) in [7, 11) is 3.11. The van der Waals surface area contributed by atoms with Crippen molar-refractivity contribution in [2.75, 3.05) is 14.2 Å². The quantitative estimate of drug-likeness (QED) is 0.479. The maximum Gasteiger partial charge on any atom is 0.371 e. The molecule has 0 saturated carbocycles. The van der Waals surface area contributed by atoms with E-state index in [2.05, 4.69) is 0 Å². The number of aromatic carboxylic acids is 1. The number of carboxylic acids is 1. The van der Waals surface area contributed by atoms with E-state index in [0.29, 0.717) is 28.4 Å². The summed E-state index contributed by atoms with van der Waals surface area (Å²) in [6.45, 7) is 0. The fraction of sp³-hybridized carbons (Fsp3) is 0.0909. The zero-order chi connectivity index (χ0) is 20.1. The van der Waals surface area contributed by atoms with Crippen LogP contribution in [0.1, 0.15) is 26.5 Å². The molecule has 0 aliphatic heterocycles. The Hall–Kier alpha value is -3.80. The summed E-state index contributed by atoms with van der Waals surface area (Å²) in [4.78, 5) is 23.3. The predicted octanol–water partition coefficient (Wildman–Crippen LogP) is 4.56. The van der Waals surface area contributed by atoms with Crippen molar-refractivity contribution in [3.05, 3.63) is 77.6 Å². The molecule has 0 amide bonds. The van der Waals surface area contributed by atoms with E-state index in [4.69, 9.17) is 19.0 Å². The Bertz CT molecular complexity index is 1030. The van der Waals surface area contributed by atoms with Gasteiger partial charge >= 0.3 is 5.97 Å². The molecular formula is C22H18O6. The smallest absolute Gasteiger partial charge is 0.371 e. The second kappa shape index (κ2) is 8.26. The minimum atomic E-state index is -1.13.